The molecule has 4 heavy (non-hydrogen) atoms. The van der Waals surface area contributed by atoms with E-state index in [0.717, 1.165) is 0 Å². The maximum atomic E-state index is 0. The van der Waals surface area contributed by atoms with E-state index in [4.69, 9.17) is 0 Å². The molecule has 21 valence electrons. The van der Waals surface area contributed by atoms with Gasteiger partial charge in [-0.1, -0.05) is 0 Å². The Morgan fingerprint density at radius 3 is 1.00 bits per heavy atom. The summed E-state index contributed by atoms with van der Waals surface area (Å²) in [5.74, 6) is 0. The van der Waals surface area contributed by atoms with Crippen molar-refractivity contribution in [2.45, 2.75) is 0 Å². The molecule has 0 aromatic carbocycles. The quantitative estimate of drug-likeness (QED) is 0.445. The Labute approximate surface area is 93.5 Å². The van der Waals surface area contributed by atoms with E-state index >= 15 is 0 Å². The van der Waals surface area contributed by atoms with Gasteiger partial charge in [0.1, 0.15) is 0 Å². The molecule has 0 heterocycles. The molecule has 0 aromatic rings. The minimum atomic E-state index is 0. The monoisotopic (exact) mass is 259 g/mol. The van der Waals surface area contributed by atoms with Crippen LogP contribution in [-0.2, 0) is 20.1 Å². The molecule has 0 aliphatic carbocycles. The maximum absolute atomic E-state index is 0. The summed E-state index contributed by atoms with van der Waals surface area (Å²) in [5, 5.41) is 0. The Kier molecular flexibility index (Phi) is 123. The zero-order valence-corrected chi connectivity index (χ0v) is 3.23. The molecule has 0 saturated heterocycles. The van der Waals surface area contributed by atoms with Gasteiger partial charge in [0.05, 0.1) is 0 Å². The number of rotatable bonds is 0. The van der Waals surface area contributed by atoms with Crippen LogP contribution in [0.1, 0.15) is 0 Å². The molecule has 0 spiro atoms. The number of hydrogen-bond acceptors (Lipinski definition) is 0. The van der Waals surface area contributed by atoms with Crippen molar-refractivity contribution in [3.8, 4) is 0 Å². The fourth-order valence-electron chi connectivity index (χ4n) is 0. The Bertz CT molecular complexity index is 8.00. The predicted octanol–water partition coefficient (Wildman–Crippen LogP) is -2.12. The van der Waals surface area contributed by atoms with Gasteiger partial charge in [-0.3, -0.25) is 0 Å². The van der Waals surface area contributed by atoms with Gasteiger partial charge in [-0.25, -0.2) is 0 Å². The second kappa shape index (κ2) is 17.0. The summed E-state index contributed by atoms with van der Waals surface area (Å²) in [6.45, 7) is 0. The molecule has 2 N–H and O–H groups in total. The van der Waals surface area contributed by atoms with E-state index in [0.29, 0.717) is 0 Å². The van der Waals surface area contributed by atoms with Gasteiger partial charge in [0.2, 0.25) is 0 Å². The fourth-order valence-corrected chi connectivity index (χ4v) is 0. The van der Waals surface area contributed by atoms with Gasteiger partial charge in [0, 0.05) is 20.1 Å². The van der Waals surface area contributed by atoms with Crippen molar-refractivity contribution in [2.75, 3.05) is 0 Å². The zero-order valence-electron chi connectivity index (χ0n) is 0.833. The molecule has 0 aliphatic rings. The van der Waals surface area contributed by atoms with Crippen LogP contribution in [0, 0.1) is 0 Å². The van der Waals surface area contributed by atoms with Gasteiger partial charge in [-0.05, 0) is 0 Å². The van der Waals surface area contributed by atoms with E-state index in [2.05, 4.69) is 0 Å². The van der Waals surface area contributed by atoms with Crippen molar-refractivity contribution in [1.29, 1.82) is 0 Å². The zero-order chi connectivity index (χ0) is 0. The molecule has 1 radical (unpaired) electrons. The second-order valence-corrected chi connectivity index (χ2v) is 0. The third-order valence-electron chi connectivity index (χ3n) is 0. The standard InChI is InChI=1S/Ir.K.Li.H2O.2H/h;;;1H2;;. The van der Waals surface area contributed by atoms with Crippen molar-refractivity contribution in [3.63, 3.8) is 0 Å². The Hall–Kier alpha value is 2.84. The summed E-state index contributed by atoms with van der Waals surface area (Å²) in [6, 6.07) is 0. The van der Waals surface area contributed by atoms with Gasteiger partial charge in [0.15, 0.2) is 0 Å². The molecule has 0 rings (SSSR count). The van der Waals surface area contributed by atoms with Crippen LogP contribution in [0.25, 0.3) is 0 Å². The van der Waals surface area contributed by atoms with E-state index in [1.54, 1.807) is 0 Å². The van der Waals surface area contributed by atoms with Crippen LogP contribution in [0.3, 0.4) is 0 Å². The van der Waals surface area contributed by atoms with Crippen LogP contribution >= 0.6 is 0 Å². The van der Waals surface area contributed by atoms with Crippen molar-refractivity contribution >= 4 is 70.2 Å². The Morgan fingerprint density at radius 2 is 1.00 bits per heavy atom. The third-order valence-corrected chi connectivity index (χ3v) is 0. The Balaban J connectivity index is 0. The third kappa shape index (κ3) is 8.85. The van der Waals surface area contributed by atoms with Crippen LogP contribution in [0.5, 0.6) is 0 Å². The van der Waals surface area contributed by atoms with E-state index in [9.17, 15) is 0 Å². The molecule has 0 bridgehead atoms. The average molecular weight is 258 g/mol. The molecule has 0 atom stereocenters. The number of hydrogen-bond donors (Lipinski definition) is 0. The van der Waals surface area contributed by atoms with Crippen molar-refractivity contribution in [1.82, 2.24) is 0 Å². The van der Waals surface area contributed by atoms with Crippen LogP contribution in [0.4, 0.5) is 0 Å². The molecule has 0 aromatic heterocycles. The van der Waals surface area contributed by atoms with Gasteiger partial charge in [-0.2, -0.15) is 0 Å². The first kappa shape index (κ1) is 28.9. The van der Waals surface area contributed by atoms with Gasteiger partial charge in [0.25, 0.3) is 0 Å². The predicted molar refractivity (Wildman–Crippen MR) is 17.9 cm³/mol. The van der Waals surface area contributed by atoms with E-state index in [1.165, 1.54) is 0 Å². The first-order valence-electron chi connectivity index (χ1n) is 0. The summed E-state index contributed by atoms with van der Waals surface area (Å²) in [7, 11) is 0. The molecule has 0 aliphatic heterocycles. The SMILES string of the molecule is O.[Ir].[KH].[LiH]. The summed E-state index contributed by atoms with van der Waals surface area (Å²) in [5.41, 5.74) is 0. The Morgan fingerprint density at radius 1 is 1.00 bits per heavy atom. The van der Waals surface area contributed by atoms with E-state index in [1.807, 2.05) is 0 Å². The first-order chi connectivity index (χ1) is 0. The molecule has 0 unspecified atom stereocenters. The van der Waals surface area contributed by atoms with Crippen LogP contribution < -0.4 is 0 Å². The van der Waals surface area contributed by atoms with Crippen molar-refractivity contribution in [2.24, 2.45) is 0 Å². The van der Waals surface area contributed by atoms with Gasteiger partial charge < -0.3 is 5.48 Å². The summed E-state index contributed by atoms with van der Waals surface area (Å²) < 4.78 is 0. The second-order valence-electron chi connectivity index (χ2n) is 0. The van der Waals surface area contributed by atoms with Crippen molar-refractivity contribution in [3.05, 3.63) is 0 Å². The molecule has 4 heteroatoms. The summed E-state index contributed by atoms with van der Waals surface area (Å²) >= 11 is 0. The van der Waals surface area contributed by atoms with Crippen LogP contribution in [-0.4, -0.2) is 75.7 Å². The summed E-state index contributed by atoms with van der Waals surface area (Å²) in [6.07, 6.45) is 0. The summed E-state index contributed by atoms with van der Waals surface area (Å²) in [4.78, 5) is 0. The van der Waals surface area contributed by atoms with Gasteiger partial charge in [-0.15, -0.1) is 0 Å². The fraction of sp³-hybridized carbons (Fsp3) is 0. The average Bonchev–Trinajstić information content (AvgIpc) is 0. The first-order valence-corrected chi connectivity index (χ1v) is 0. The molecular weight excluding hydrogens is 254 g/mol. The molecule has 0 saturated carbocycles. The normalized spacial score (nSPS) is 0. The topological polar surface area (TPSA) is 31.5 Å². The molecule has 0 fully saturated rings. The molecular formula is H4IrKLiO. The molecule has 0 amide bonds. The van der Waals surface area contributed by atoms with Crippen LogP contribution in [0.2, 0.25) is 0 Å². The molecule has 1 nitrogen and oxygen atoms in total. The van der Waals surface area contributed by atoms with E-state index in [-0.39, 0.29) is 95.8 Å². The van der Waals surface area contributed by atoms with Gasteiger partial charge >= 0.3 is 70.2 Å². The van der Waals surface area contributed by atoms with Crippen molar-refractivity contribution < 1.29 is 25.6 Å². The van der Waals surface area contributed by atoms with Crippen LogP contribution in [0.15, 0.2) is 0 Å². The minimum absolute atomic E-state index is 0. The van der Waals surface area contributed by atoms with E-state index < -0.39 is 0 Å².